The maximum Gasteiger partial charge on any atom is 0.188 e. The fraction of sp³-hybridized carbons (Fsp3) is 0.400. The topological polar surface area (TPSA) is 21.3 Å². The van der Waals surface area contributed by atoms with Gasteiger partial charge in [0.2, 0.25) is 0 Å². The first kappa shape index (κ1) is 11.8. The molecule has 0 amide bonds. The predicted molar refractivity (Wildman–Crippen MR) is 53.8 cm³/mol. The third-order valence-electron chi connectivity index (χ3n) is 1.45. The first-order valence-electron chi connectivity index (χ1n) is 4.30. The van der Waals surface area contributed by atoms with Gasteiger partial charge in [-0.15, -0.1) is 0 Å². The fourth-order valence-electron chi connectivity index (χ4n) is 0.862. The van der Waals surface area contributed by atoms with Crippen LogP contribution < -0.4 is 10.1 Å². The summed E-state index contributed by atoms with van der Waals surface area (Å²) in [4.78, 5) is 0. The van der Waals surface area contributed by atoms with Crippen LogP contribution in [0.15, 0.2) is 18.2 Å². The number of ether oxygens (including phenoxy) is 1. The molecule has 0 fully saturated rings. The Balaban J connectivity index is 0.000000671. The van der Waals surface area contributed by atoms with Crippen LogP contribution in [0.5, 0.6) is 5.75 Å². The molecular weight excluding hydrogens is 169 g/mol. The molecule has 0 aromatic heterocycles. The molecule has 0 saturated heterocycles. The molecule has 0 radical (unpaired) electrons. The lowest BCUT2D eigenvalue weighted by Gasteiger charge is -2.05. The van der Waals surface area contributed by atoms with E-state index in [-0.39, 0.29) is 11.6 Å². The highest BCUT2D eigenvalue weighted by molar-refractivity contribution is 5.49. The first-order valence-corrected chi connectivity index (χ1v) is 4.30. The number of benzene rings is 1. The van der Waals surface area contributed by atoms with Gasteiger partial charge in [0.25, 0.3) is 0 Å². The average Bonchev–Trinajstić information content (AvgIpc) is 2.21. The zero-order chi connectivity index (χ0) is 10.3. The van der Waals surface area contributed by atoms with E-state index in [1.165, 1.54) is 7.11 Å². The largest absolute Gasteiger partial charge is 0.494 e. The van der Waals surface area contributed by atoms with Gasteiger partial charge in [-0.05, 0) is 12.1 Å². The molecule has 0 saturated carbocycles. The van der Waals surface area contributed by atoms with Crippen molar-refractivity contribution in [2.45, 2.75) is 13.8 Å². The van der Waals surface area contributed by atoms with E-state index in [1.54, 1.807) is 25.2 Å². The van der Waals surface area contributed by atoms with E-state index in [0.717, 1.165) is 0 Å². The molecule has 74 valence electrons. The molecule has 0 bridgehead atoms. The second-order valence-corrected chi connectivity index (χ2v) is 2.07. The summed E-state index contributed by atoms with van der Waals surface area (Å²) in [6.07, 6.45) is 0. The summed E-state index contributed by atoms with van der Waals surface area (Å²) in [7, 11) is 3.11. The molecule has 0 spiro atoms. The minimum Gasteiger partial charge on any atom is -0.494 e. The van der Waals surface area contributed by atoms with Crippen LogP contribution in [0.3, 0.4) is 0 Å². The van der Waals surface area contributed by atoms with Crippen LogP contribution in [-0.4, -0.2) is 14.2 Å². The molecule has 13 heavy (non-hydrogen) atoms. The predicted octanol–water partition coefficient (Wildman–Crippen LogP) is 2.90. The average molecular weight is 185 g/mol. The van der Waals surface area contributed by atoms with E-state index in [9.17, 15) is 4.39 Å². The third-order valence-corrected chi connectivity index (χ3v) is 1.45. The van der Waals surface area contributed by atoms with Crippen molar-refractivity contribution in [2.75, 3.05) is 19.5 Å². The molecule has 3 heteroatoms. The molecule has 1 aromatic carbocycles. The molecule has 0 heterocycles. The van der Waals surface area contributed by atoms with Crippen molar-refractivity contribution in [1.82, 2.24) is 0 Å². The van der Waals surface area contributed by atoms with Crippen LogP contribution in [-0.2, 0) is 0 Å². The minimum atomic E-state index is -0.350. The fourth-order valence-corrected chi connectivity index (χ4v) is 0.862. The number of rotatable bonds is 2. The highest BCUT2D eigenvalue weighted by Gasteiger charge is 2.04. The standard InChI is InChI=1S/C8H10FNO.C2H6/c1-10-6-4-3-5-7(11-2)8(6)9;1-2/h3-5,10H,1-2H3;1-2H3. The second kappa shape index (κ2) is 6.29. The Kier molecular flexibility index (Phi) is 5.68. The number of hydrogen-bond acceptors (Lipinski definition) is 2. The van der Waals surface area contributed by atoms with Gasteiger partial charge in [-0.1, -0.05) is 19.9 Å². The van der Waals surface area contributed by atoms with Crippen LogP contribution in [0.2, 0.25) is 0 Å². The number of methoxy groups -OCH3 is 1. The van der Waals surface area contributed by atoms with E-state index >= 15 is 0 Å². The SMILES string of the molecule is CC.CNc1cccc(OC)c1F. The number of nitrogens with one attached hydrogen (secondary N) is 1. The van der Waals surface area contributed by atoms with Crippen molar-refractivity contribution in [1.29, 1.82) is 0 Å². The summed E-state index contributed by atoms with van der Waals surface area (Å²) in [5, 5.41) is 2.71. The van der Waals surface area contributed by atoms with E-state index in [2.05, 4.69) is 5.32 Å². The number of halogens is 1. The smallest absolute Gasteiger partial charge is 0.188 e. The number of anilines is 1. The normalized spacial score (nSPS) is 8.38. The zero-order valence-corrected chi connectivity index (χ0v) is 8.52. The Bertz CT molecular complexity index is 228. The van der Waals surface area contributed by atoms with E-state index in [4.69, 9.17) is 4.74 Å². The Labute approximate surface area is 78.7 Å². The summed E-state index contributed by atoms with van der Waals surface area (Å²) < 4.78 is 17.9. The summed E-state index contributed by atoms with van der Waals surface area (Å²) >= 11 is 0. The third kappa shape index (κ3) is 2.93. The lowest BCUT2D eigenvalue weighted by atomic mass is 10.3. The molecule has 1 N–H and O–H groups in total. The van der Waals surface area contributed by atoms with E-state index < -0.39 is 0 Å². The van der Waals surface area contributed by atoms with Gasteiger partial charge < -0.3 is 10.1 Å². The molecule has 0 aliphatic heterocycles. The van der Waals surface area contributed by atoms with Crippen molar-refractivity contribution in [3.63, 3.8) is 0 Å². The summed E-state index contributed by atoms with van der Waals surface area (Å²) in [6.45, 7) is 4.00. The zero-order valence-electron chi connectivity index (χ0n) is 8.52. The molecule has 0 aliphatic rings. The van der Waals surface area contributed by atoms with Gasteiger partial charge in [0.1, 0.15) is 0 Å². The van der Waals surface area contributed by atoms with Crippen molar-refractivity contribution in [3.8, 4) is 5.75 Å². The van der Waals surface area contributed by atoms with E-state index in [0.29, 0.717) is 5.69 Å². The van der Waals surface area contributed by atoms with Gasteiger partial charge in [0.15, 0.2) is 11.6 Å². The molecule has 1 rings (SSSR count). The first-order chi connectivity index (χ1) is 6.29. The van der Waals surface area contributed by atoms with Gasteiger partial charge in [0, 0.05) is 7.05 Å². The van der Waals surface area contributed by atoms with Gasteiger partial charge in [-0.2, -0.15) is 0 Å². The van der Waals surface area contributed by atoms with Crippen molar-refractivity contribution in [3.05, 3.63) is 24.0 Å². The Morgan fingerprint density at radius 1 is 1.31 bits per heavy atom. The quantitative estimate of drug-likeness (QED) is 0.765. The summed E-state index contributed by atoms with van der Waals surface area (Å²) in [5.41, 5.74) is 0.448. The van der Waals surface area contributed by atoms with Gasteiger partial charge in [0.05, 0.1) is 12.8 Å². The minimum absolute atomic E-state index is 0.261. The maximum atomic E-state index is 13.1. The summed E-state index contributed by atoms with van der Waals surface area (Å²) in [6, 6.07) is 4.96. The van der Waals surface area contributed by atoms with Crippen molar-refractivity contribution < 1.29 is 9.13 Å². The van der Waals surface area contributed by atoms with E-state index in [1.807, 2.05) is 13.8 Å². The number of hydrogen-bond donors (Lipinski definition) is 1. The molecule has 1 aromatic rings. The molecule has 2 nitrogen and oxygen atoms in total. The monoisotopic (exact) mass is 185 g/mol. The maximum absolute atomic E-state index is 13.1. The Hall–Kier alpha value is -1.25. The lowest BCUT2D eigenvalue weighted by Crippen LogP contribution is -1.95. The lowest BCUT2D eigenvalue weighted by molar-refractivity contribution is 0.387. The summed E-state index contributed by atoms with van der Waals surface area (Å²) in [5.74, 6) is -0.0886. The van der Waals surface area contributed by atoms with Crippen LogP contribution in [0.1, 0.15) is 13.8 Å². The van der Waals surface area contributed by atoms with Gasteiger partial charge >= 0.3 is 0 Å². The van der Waals surface area contributed by atoms with Gasteiger partial charge in [-0.3, -0.25) is 0 Å². The Morgan fingerprint density at radius 2 is 1.92 bits per heavy atom. The van der Waals surface area contributed by atoms with Crippen LogP contribution in [0.4, 0.5) is 10.1 Å². The molecular formula is C10H16FNO. The van der Waals surface area contributed by atoms with Crippen LogP contribution >= 0.6 is 0 Å². The Morgan fingerprint density at radius 3 is 2.38 bits per heavy atom. The molecule has 0 unspecified atom stereocenters. The van der Waals surface area contributed by atoms with Gasteiger partial charge in [-0.25, -0.2) is 4.39 Å². The van der Waals surface area contributed by atoms with Crippen LogP contribution in [0.25, 0.3) is 0 Å². The van der Waals surface area contributed by atoms with Crippen molar-refractivity contribution >= 4 is 5.69 Å². The highest BCUT2D eigenvalue weighted by atomic mass is 19.1. The molecule has 0 atom stereocenters. The second-order valence-electron chi connectivity index (χ2n) is 2.07. The molecule has 0 aliphatic carbocycles. The van der Waals surface area contributed by atoms with Crippen LogP contribution in [0, 0.1) is 5.82 Å². The highest BCUT2D eigenvalue weighted by Crippen LogP contribution is 2.22. The van der Waals surface area contributed by atoms with Crippen molar-refractivity contribution in [2.24, 2.45) is 0 Å².